The molecule has 1 unspecified atom stereocenters. The molecule has 3 N–H and O–H groups in total. The van der Waals surface area contributed by atoms with Gasteiger partial charge in [0.1, 0.15) is 6.04 Å². The van der Waals surface area contributed by atoms with E-state index in [-0.39, 0.29) is 12.3 Å². The first-order chi connectivity index (χ1) is 8.75. The van der Waals surface area contributed by atoms with Gasteiger partial charge in [0.2, 0.25) is 5.91 Å². The lowest BCUT2D eigenvalue weighted by Gasteiger charge is -2.22. The van der Waals surface area contributed by atoms with E-state index in [1.165, 1.54) is 4.90 Å². The Labute approximate surface area is 113 Å². The molecular formula is C14H20N2O3. The van der Waals surface area contributed by atoms with Crippen LogP contribution in [0.5, 0.6) is 0 Å². The summed E-state index contributed by atoms with van der Waals surface area (Å²) in [6.07, 6.45) is -0.210. The van der Waals surface area contributed by atoms with Crippen molar-refractivity contribution in [2.75, 3.05) is 11.9 Å². The number of aliphatic carboxylic acids is 1. The topological polar surface area (TPSA) is 83.6 Å². The predicted molar refractivity (Wildman–Crippen MR) is 74.3 cm³/mol. The van der Waals surface area contributed by atoms with Crippen LogP contribution in [0.2, 0.25) is 0 Å². The molecule has 0 saturated heterocycles. The van der Waals surface area contributed by atoms with E-state index in [1.807, 2.05) is 32.9 Å². The minimum atomic E-state index is -1.17. The second-order valence-corrected chi connectivity index (χ2v) is 4.75. The quantitative estimate of drug-likeness (QED) is 0.860. The monoisotopic (exact) mass is 264 g/mol. The highest BCUT2D eigenvalue weighted by atomic mass is 16.4. The summed E-state index contributed by atoms with van der Waals surface area (Å²) in [5, 5.41) is 8.72. The molecule has 0 spiro atoms. The van der Waals surface area contributed by atoms with Gasteiger partial charge in [-0.15, -0.1) is 0 Å². The third-order valence-electron chi connectivity index (χ3n) is 3.48. The van der Waals surface area contributed by atoms with Gasteiger partial charge >= 0.3 is 5.97 Å². The maximum absolute atomic E-state index is 12.0. The summed E-state index contributed by atoms with van der Waals surface area (Å²) < 4.78 is 0. The van der Waals surface area contributed by atoms with Crippen LogP contribution in [-0.4, -0.2) is 30.1 Å². The Hall–Kier alpha value is -1.88. The normalized spacial score (nSPS) is 12.1. The lowest BCUT2D eigenvalue weighted by atomic mass is 10.0. The fourth-order valence-corrected chi connectivity index (χ4v) is 1.85. The van der Waals surface area contributed by atoms with Gasteiger partial charge in [0.25, 0.3) is 0 Å². The van der Waals surface area contributed by atoms with Crippen LogP contribution < -0.4 is 10.6 Å². The Morgan fingerprint density at radius 3 is 2.37 bits per heavy atom. The van der Waals surface area contributed by atoms with Crippen molar-refractivity contribution < 1.29 is 14.7 Å². The molecule has 5 nitrogen and oxygen atoms in total. The van der Waals surface area contributed by atoms with Crippen molar-refractivity contribution in [3.63, 3.8) is 0 Å². The highest BCUT2D eigenvalue weighted by molar-refractivity contribution is 5.96. The standard InChI is InChI=1S/C14H20N2O3/c1-8-5-6-12(10(3)9(8)2)16(4)13(17)7-11(15)14(18)19/h5-6,11H,7,15H2,1-4H3,(H,18,19). The third kappa shape index (κ3) is 3.32. The summed E-state index contributed by atoms with van der Waals surface area (Å²) in [7, 11) is 1.63. The van der Waals surface area contributed by atoms with E-state index in [2.05, 4.69) is 0 Å². The summed E-state index contributed by atoms with van der Waals surface area (Å²) in [6.45, 7) is 5.95. The largest absolute Gasteiger partial charge is 0.480 e. The van der Waals surface area contributed by atoms with E-state index >= 15 is 0 Å². The lowest BCUT2D eigenvalue weighted by Crippen LogP contribution is -2.38. The highest BCUT2D eigenvalue weighted by Gasteiger charge is 2.21. The number of benzene rings is 1. The maximum Gasteiger partial charge on any atom is 0.321 e. The number of carboxylic acids is 1. The fraction of sp³-hybridized carbons (Fsp3) is 0.429. The van der Waals surface area contributed by atoms with Crippen molar-refractivity contribution in [2.45, 2.75) is 33.2 Å². The number of amides is 1. The number of hydrogen-bond donors (Lipinski definition) is 2. The number of rotatable bonds is 4. The van der Waals surface area contributed by atoms with E-state index in [0.717, 1.165) is 22.4 Å². The van der Waals surface area contributed by atoms with Gasteiger partial charge in [0.15, 0.2) is 0 Å². The molecule has 1 amide bonds. The molecule has 5 heteroatoms. The maximum atomic E-state index is 12.0. The first-order valence-corrected chi connectivity index (χ1v) is 6.07. The first-order valence-electron chi connectivity index (χ1n) is 6.07. The molecule has 19 heavy (non-hydrogen) atoms. The molecule has 1 atom stereocenters. The van der Waals surface area contributed by atoms with Gasteiger partial charge in [-0.25, -0.2) is 0 Å². The van der Waals surface area contributed by atoms with Crippen LogP contribution >= 0.6 is 0 Å². The van der Waals surface area contributed by atoms with Gasteiger partial charge in [-0.1, -0.05) is 6.07 Å². The van der Waals surface area contributed by atoms with E-state index < -0.39 is 12.0 Å². The van der Waals surface area contributed by atoms with Crippen molar-refractivity contribution >= 4 is 17.6 Å². The Bertz CT molecular complexity index is 512. The van der Waals surface area contributed by atoms with Crippen LogP contribution in [0.3, 0.4) is 0 Å². The molecule has 0 aliphatic heterocycles. The number of nitrogens with two attached hydrogens (primary N) is 1. The number of carboxylic acid groups (broad SMARTS) is 1. The number of carbonyl (C=O) groups excluding carboxylic acids is 1. The van der Waals surface area contributed by atoms with Crippen LogP contribution in [0, 0.1) is 20.8 Å². The van der Waals surface area contributed by atoms with Gasteiger partial charge in [0.05, 0.1) is 6.42 Å². The predicted octanol–water partition coefficient (Wildman–Crippen LogP) is 1.38. The van der Waals surface area contributed by atoms with Crippen LogP contribution in [0.4, 0.5) is 5.69 Å². The van der Waals surface area contributed by atoms with E-state index in [1.54, 1.807) is 7.05 Å². The molecule has 0 heterocycles. The summed E-state index contributed by atoms with van der Waals surface area (Å²) in [5.74, 6) is -1.47. The Balaban J connectivity index is 2.95. The molecule has 1 aromatic carbocycles. The van der Waals surface area contributed by atoms with Crippen molar-refractivity contribution in [3.8, 4) is 0 Å². The minimum absolute atomic E-state index is 0.210. The number of nitrogens with zero attached hydrogens (tertiary/aromatic N) is 1. The molecule has 104 valence electrons. The molecule has 0 aliphatic carbocycles. The zero-order valence-corrected chi connectivity index (χ0v) is 11.7. The summed E-state index contributed by atoms with van der Waals surface area (Å²) in [4.78, 5) is 24.1. The third-order valence-corrected chi connectivity index (χ3v) is 3.48. The number of carbonyl (C=O) groups is 2. The lowest BCUT2D eigenvalue weighted by molar-refractivity contribution is -0.140. The first kappa shape index (κ1) is 15.2. The van der Waals surface area contributed by atoms with Crippen molar-refractivity contribution in [3.05, 3.63) is 28.8 Å². The molecule has 0 bridgehead atoms. The number of hydrogen-bond acceptors (Lipinski definition) is 3. The van der Waals surface area contributed by atoms with Gasteiger partial charge < -0.3 is 15.7 Å². The molecule has 1 aromatic rings. The van der Waals surface area contributed by atoms with Crippen molar-refractivity contribution in [1.82, 2.24) is 0 Å². The minimum Gasteiger partial charge on any atom is -0.480 e. The fourth-order valence-electron chi connectivity index (χ4n) is 1.85. The van der Waals surface area contributed by atoms with Crippen LogP contribution in [0.1, 0.15) is 23.1 Å². The van der Waals surface area contributed by atoms with Crippen molar-refractivity contribution in [1.29, 1.82) is 0 Å². The van der Waals surface area contributed by atoms with Gasteiger partial charge in [0, 0.05) is 12.7 Å². The van der Waals surface area contributed by atoms with Crippen molar-refractivity contribution in [2.24, 2.45) is 5.73 Å². The Kier molecular flexibility index (Phi) is 4.67. The second-order valence-electron chi connectivity index (χ2n) is 4.75. The number of aryl methyl sites for hydroxylation is 1. The van der Waals surface area contributed by atoms with E-state index in [0.29, 0.717) is 0 Å². The summed E-state index contributed by atoms with van der Waals surface area (Å²) in [5.41, 5.74) is 9.46. The average molecular weight is 264 g/mol. The molecule has 0 saturated carbocycles. The summed E-state index contributed by atoms with van der Waals surface area (Å²) >= 11 is 0. The zero-order chi connectivity index (χ0) is 14.7. The number of anilines is 1. The summed E-state index contributed by atoms with van der Waals surface area (Å²) in [6, 6.07) is 2.64. The Morgan fingerprint density at radius 1 is 1.26 bits per heavy atom. The zero-order valence-electron chi connectivity index (χ0n) is 11.7. The highest BCUT2D eigenvalue weighted by Crippen LogP contribution is 2.24. The van der Waals surface area contributed by atoms with E-state index in [9.17, 15) is 9.59 Å². The molecule has 0 fully saturated rings. The molecule has 0 aromatic heterocycles. The average Bonchev–Trinajstić information content (AvgIpc) is 2.35. The van der Waals surface area contributed by atoms with Crippen LogP contribution in [0.25, 0.3) is 0 Å². The van der Waals surface area contributed by atoms with Gasteiger partial charge in [-0.3, -0.25) is 9.59 Å². The second kappa shape index (κ2) is 5.84. The van der Waals surface area contributed by atoms with Crippen LogP contribution in [-0.2, 0) is 9.59 Å². The smallest absolute Gasteiger partial charge is 0.321 e. The van der Waals surface area contributed by atoms with E-state index in [4.69, 9.17) is 10.8 Å². The SMILES string of the molecule is Cc1ccc(N(C)C(=O)CC(N)C(=O)O)c(C)c1C. The Morgan fingerprint density at radius 2 is 1.84 bits per heavy atom. The molecule has 1 rings (SSSR count). The molecule has 0 aliphatic rings. The molecule has 0 radical (unpaired) electrons. The van der Waals surface area contributed by atoms with Gasteiger partial charge in [-0.05, 0) is 43.5 Å². The molecular weight excluding hydrogens is 244 g/mol. The van der Waals surface area contributed by atoms with Crippen LogP contribution in [0.15, 0.2) is 12.1 Å². The van der Waals surface area contributed by atoms with Gasteiger partial charge in [-0.2, -0.15) is 0 Å².